The van der Waals surface area contributed by atoms with Crippen LogP contribution in [-0.2, 0) is 4.79 Å². The van der Waals surface area contributed by atoms with Crippen molar-refractivity contribution < 1.29 is 4.79 Å². The van der Waals surface area contributed by atoms with Gasteiger partial charge in [-0.3, -0.25) is 4.79 Å². The molecule has 0 bridgehead atoms. The molecule has 0 atom stereocenters. The molecular formula is C15H15ClN2OS. The van der Waals surface area contributed by atoms with Gasteiger partial charge in [0.2, 0.25) is 5.91 Å². The molecule has 0 radical (unpaired) electrons. The minimum atomic E-state index is -0.0871. The van der Waals surface area contributed by atoms with Crippen LogP contribution in [0.2, 0.25) is 5.02 Å². The molecule has 20 heavy (non-hydrogen) atoms. The number of thioether (sulfide) groups is 1. The lowest BCUT2D eigenvalue weighted by atomic mass is 10.1. The lowest BCUT2D eigenvalue weighted by Crippen LogP contribution is -2.16. The Labute approximate surface area is 127 Å². The highest BCUT2D eigenvalue weighted by Gasteiger charge is 2.08. The van der Waals surface area contributed by atoms with E-state index in [1.54, 1.807) is 12.1 Å². The molecule has 0 fully saturated rings. The van der Waals surface area contributed by atoms with Gasteiger partial charge in [0.1, 0.15) is 0 Å². The van der Waals surface area contributed by atoms with Crippen LogP contribution in [0.5, 0.6) is 0 Å². The summed E-state index contributed by atoms with van der Waals surface area (Å²) >= 11 is 7.34. The van der Waals surface area contributed by atoms with Gasteiger partial charge in [0.25, 0.3) is 0 Å². The summed E-state index contributed by atoms with van der Waals surface area (Å²) < 4.78 is 0. The Kier molecular flexibility index (Phi) is 4.93. The molecule has 2 rings (SSSR count). The van der Waals surface area contributed by atoms with Crippen LogP contribution in [-0.4, -0.2) is 11.7 Å². The van der Waals surface area contributed by atoms with Gasteiger partial charge in [0.05, 0.1) is 17.1 Å². The first-order chi connectivity index (χ1) is 9.56. The molecule has 0 saturated heterocycles. The highest BCUT2D eigenvalue weighted by molar-refractivity contribution is 8.00. The van der Waals surface area contributed by atoms with Gasteiger partial charge in [0.15, 0.2) is 0 Å². The predicted octanol–water partition coefficient (Wildman–Crippen LogP) is 3.96. The molecule has 0 heterocycles. The van der Waals surface area contributed by atoms with Crippen molar-refractivity contribution in [1.29, 1.82) is 0 Å². The second-order valence-electron chi connectivity index (χ2n) is 4.33. The van der Waals surface area contributed by atoms with Gasteiger partial charge < -0.3 is 11.1 Å². The van der Waals surface area contributed by atoms with Crippen molar-refractivity contribution in [2.75, 3.05) is 16.8 Å². The van der Waals surface area contributed by atoms with Crippen molar-refractivity contribution in [3.8, 4) is 0 Å². The highest BCUT2D eigenvalue weighted by atomic mass is 35.5. The SMILES string of the molecule is Cc1cccc(N)c1NC(=O)CSc1cccc(Cl)c1. The summed E-state index contributed by atoms with van der Waals surface area (Å²) in [6.07, 6.45) is 0. The fraction of sp³-hybridized carbons (Fsp3) is 0.133. The van der Waals surface area contributed by atoms with Crippen LogP contribution in [0.1, 0.15) is 5.56 Å². The Balaban J connectivity index is 1.96. The minimum absolute atomic E-state index is 0.0871. The standard InChI is InChI=1S/C15H15ClN2OS/c1-10-4-2-7-13(17)15(10)18-14(19)9-20-12-6-3-5-11(16)8-12/h2-8H,9,17H2,1H3,(H,18,19). The number of anilines is 2. The molecule has 3 N–H and O–H groups in total. The molecular weight excluding hydrogens is 292 g/mol. The average Bonchev–Trinajstić information content (AvgIpc) is 2.41. The first-order valence-corrected chi connectivity index (χ1v) is 7.46. The van der Waals surface area contributed by atoms with Crippen molar-refractivity contribution in [2.45, 2.75) is 11.8 Å². The van der Waals surface area contributed by atoms with E-state index in [9.17, 15) is 4.79 Å². The molecule has 1 amide bonds. The largest absolute Gasteiger partial charge is 0.397 e. The smallest absolute Gasteiger partial charge is 0.234 e. The molecule has 0 aliphatic heterocycles. The predicted molar refractivity (Wildman–Crippen MR) is 86.4 cm³/mol. The molecule has 5 heteroatoms. The summed E-state index contributed by atoms with van der Waals surface area (Å²) in [6.45, 7) is 1.91. The Bertz CT molecular complexity index is 611. The summed E-state index contributed by atoms with van der Waals surface area (Å²) in [6, 6.07) is 13.0. The molecule has 0 saturated carbocycles. The van der Waals surface area contributed by atoms with E-state index >= 15 is 0 Å². The maximum atomic E-state index is 12.0. The Morgan fingerprint density at radius 1 is 1.30 bits per heavy atom. The Hall–Kier alpha value is -1.65. The molecule has 0 aliphatic rings. The molecule has 2 aromatic rings. The van der Waals surface area contributed by atoms with Crippen LogP contribution in [0.3, 0.4) is 0 Å². The quantitative estimate of drug-likeness (QED) is 0.664. The van der Waals surface area contributed by atoms with Crippen LogP contribution in [0, 0.1) is 6.92 Å². The van der Waals surface area contributed by atoms with E-state index in [0.29, 0.717) is 22.2 Å². The third-order valence-corrected chi connectivity index (χ3v) is 3.96. The normalized spacial score (nSPS) is 10.3. The molecule has 0 aromatic heterocycles. The number of benzene rings is 2. The fourth-order valence-electron chi connectivity index (χ4n) is 1.74. The van der Waals surface area contributed by atoms with Crippen LogP contribution in [0.4, 0.5) is 11.4 Å². The lowest BCUT2D eigenvalue weighted by molar-refractivity contribution is -0.113. The number of rotatable bonds is 4. The minimum Gasteiger partial charge on any atom is -0.397 e. The number of hydrogen-bond acceptors (Lipinski definition) is 3. The van der Waals surface area contributed by atoms with E-state index in [4.69, 9.17) is 17.3 Å². The van der Waals surface area contributed by atoms with E-state index in [-0.39, 0.29) is 5.91 Å². The summed E-state index contributed by atoms with van der Waals surface area (Å²) in [5, 5.41) is 3.51. The maximum absolute atomic E-state index is 12.0. The fourth-order valence-corrected chi connectivity index (χ4v) is 2.75. The van der Waals surface area contributed by atoms with Gasteiger partial charge in [-0.25, -0.2) is 0 Å². The second-order valence-corrected chi connectivity index (χ2v) is 5.82. The summed E-state index contributed by atoms with van der Waals surface area (Å²) in [5.74, 6) is 0.227. The molecule has 0 unspecified atom stereocenters. The zero-order valence-electron chi connectivity index (χ0n) is 11.0. The first-order valence-electron chi connectivity index (χ1n) is 6.09. The number of carbonyl (C=O) groups is 1. The van der Waals surface area contributed by atoms with E-state index in [1.807, 2.05) is 37.3 Å². The van der Waals surface area contributed by atoms with Crippen LogP contribution in [0.15, 0.2) is 47.4 Å². The van der Waals surface area contributed by atoms with E-state index in [0.717, 1.165) is 10.5 Å². The lowest BCUT2D eigenvalue weighted by Gasteiger charge is -2.11. The molecule has 3 nitrogen and oxygen atoms in total. The van der Waals surface area contributed by atoms with E-state index < -0.39 is 0 Å². The van der Waals surface area contributed by atoms with Gasteiger partial charge in [-0.05, 0) is 36.8 Å². The van der Waals surface area contributed by atoms with Crippen molar-refractivity contribution in [1.82, 2.24) is 0 Å². The number of carbonyl (C=O) groups excluding carboxylic acids is 1. The Morgan fingerprint density at radius 2 is 2.05 bits per heavy atom. The monoisotopic (exact) mass is 306 g/mol. The van der Waals surface area contributed by atoms with Crippen LogP contribution >= 0.6 is 23.4 Å². The zero-order valence-corrected chi connectivity index (χ0v) is 12.6. The third kappa shape index (κ3) is 3.92. The van der Waals surface area contributed by atoms with E-state index in [2.05, 4.69) is 5.32 Å². The number of aryl methyl sites for hydroxylation is 1. The van der Waals surface area contributed by atoms with Crippen molar-refractivity contribution in [3.63, 3.8) is 0 Å². The number of nitrogen functional groups attached to an aromatic ring is 1. The van der Waals surface area contributed by atoms with Crippen LogP contribution < -0.4 is 11.1 Å². The molecule has 0 aliphatic carbocycles. The van der Waals surface area contributed by atoms with Gasteiger partial charge >= 0.3 is 0 Å². The third-order valence-electron chi connectivity index (χ3n) is 2.74. The maximum Gasteiger partial charge on any atom is 0.234 e. The number of hydrogen-bond donors (Lipinski definition) is 2. The van der Waals surface area contributed by atoms with Gasteiger partial charge in [-0.2, -0.15) is 0 Å². The van der Waals surface area contributed by atoms with Gasteiger partial charge in [-0.1, -0.05) is 29.8 Å². The van der Waals surface area contributed by atoms with Crippen molar-refractivity contribution >= 4 is 40.6 Å². The summed E-state index contributed by atoms with van der Waals surface area (Å²) in [4.78, 5) is 12.9. The number of para-hydroxylation sites is 1. The number of nitrogens with two attached hydrogens (primary N) is 1. The number of nitrogens with one attached hydrogen (secondary N) is 1. The number of halogens is 1. The molecule has 0 spiro atoms. The highest BCUT2D eigenvalue weighted by Crippen LogP contribution is 2.24. The topological polar surface area (TPSA) is 55.1 Å². The van der Waals surface area contributed by atoms with Crippen LogP contribution in [0.25, 0.3) is 0 Å². The van der Waals surface area contributed by atoms with E-state index in [1.165, 1.54) is 11.8 Å². The summed E-state index contributed by atoms with van der Waals surface area (Å²) in [7, 11) is 0. The number of amides is 1. The van der Waals surface area contributed by atoms with Crippen molar-refractivity contribution in [3.05, 3.63) is 53.1 Å². The van der Waals surface area contributed by atoms with Crippen molar-refractivity contribution in [2.24, 2.45) is 0 Å². The average molecular weight is 307 g/mol. The van der Waals surface area contributed by atoms with Gasteiger partial charge in [0, 0.05) is 9.92 Å². The van der Waals surface area contributed by atoms with Gasteiger partial charge in [-0.15, -0.1) is 11.8 Å². The summed E-state index contributed by atoms with van der Waals surface area (Å²) in [5.41, 5.74) is 8.07. The second kappa shape index (κ2) is 6.68. The first kappa shape index (κ1) is 14.8. The Morgan fingerprint density at radius 3 is 2.75 bits per heavy atom. The molecule has 2 aromatic carbocycles. The molecule has 104 valence electrons. The zero-order chi connectivity index (χ0) is 14.5.